The number of nitrogens with zero attached hydrogens (tertiary/aromatic N) is 5. The van der Waals surface area contributed by atoms with Crippen molar-refractivity contribution in [3.63, 3.8) is 0 Å². The molecule has 1 aliphatic rings. The number of pyridine rings is 1. The molecule has 0 bridgehead atoms. The maximum absolute atomic E-state index is 13.4. The minimum atomic E-state index is -3.89. The molecule has 1 aromatic heterocycles. The number of nitriles is 1. The standard InChI is InChI=1S/C26H35FN6O3S/c27-22-11-13-25(14-12-22)37(34,35)33(36-24-9-5-4-6-10-24)20-8-3-1-2-7-19-32(26(29)31-21-28)23-15-17-30-18-16-23/h11-18,24H,1-10,19-20H2,(H2,29,31). The Labute approximate surface area is 218 Å². The van der Waals surface area contributed by atoms with Crippen LogP contribution in [0.5, 0.6) is 0 Å². The van der Waals surface area contributed by atoms with Gasteiger partial charge in [0.1, 0.15) is 5.82 Å². The van der Waals surface area contributed by atoms with Gasteiger partial charge < -0.3 is 10.6 Å². The average molecular weight is 531 g/mol. The number of anilines is 1. The Hall–Kier alpha value is -3.07. The normalized spacial score (nSPS) is 15.0. The van der Waals surface area contributed by atoms with E-state index in [-0.39, 0.29) is 23.5 Å². The van der Waals surface area contributed by atoms with Gasteiger partial charge in [-0.1, -0.05) is 43.0 Å². The fourth-order valence-electron chi connectivity index (χ4n) is 4.34. The molecule has 0 atom stereocenters. The predicted molar refractivity (Wildman–Crippen MR) is 140 cm³/mol. The molecular formula is C26H35FN6O3S. The van der Waals surface area contributed by atoms with Gasteiger partial charge in [-0.2, -0.15) is 5.26 Å². The quantitative estimate of drug-likeness (QED) is 0.130. The van der Waals surface area contributed by atoms with Crippen molar-refractivity contribution in [2.24, 2.45) is 10.7 Å². The second-order valence-electron chi connectivity index (χ2n) is 9.05. The number of hydrogen-bond acceptors (Lipinski definition) is 6. The number of aromatic nitrogens is 1. The van der Waals surface area contributed by atoms with Crippen molar-refractivity contribution in [1.29, 1.82) is 5.26 Å². The second kappa shape index (κ2) is 14.6. The highest BCUT2D eigenvalue weighted by Crippen LogP contribution is 2.25. The van der Waals surface area contributed by atoms with Gasteiger partial charge in [0.05, 0.1) is 11.0 Å². The van der Waals surface area contributed by atoms with Crippen LogP contribution in [0.25, 0.3) is 0 Å². The fourth-order valence-corrected chi connectivity index (χ4v) is 5.66. The van der Waals surface area contributed by atoms with Gasteiger partial charge in [0.25, 0.3) is 10.0 Å². The van der Waals surface area contributed by atoms with Crippen LogP contribution in [0.3, 0.4) is 0 Å². The average Bonchev–Trinajstić information content (AvgIpc) is 2.91. The molecule has 37 heavy (non-hydrogen) atoms. The first kappa shape index (κ1) is 28.5. The van der Waals surface area contributed by atoms with Crippen LogP contribution in [-0.4, -0.2) is 43.0 Å². The zero-order valence-electron chi connectivity index (χ0n) is 21.0. The molecule has 1 aliphatic carbocycles. The van der Waals surface area contributed by atoms with Crippen LogP contribution in [-0.2, 0) is 14.9 Å². The number of halogens is 1. The number of rotatable bonds is 13. The highest BCUT2D eigenvalue weighted by atomic mass is 32.2. The summed E-state index contributed by atoms with van der Waals surface area (Å²) in [7, 11) is -3.89. The van der Waals surface area contributed by atoms with E-state index in [0.29, 0.717) is 13.0 Å². The number of unbranched alkanes of at least 4 members (excludes halogenated alkanes) is 4. The zero-order valence-corrected chi connectivity index (χ0v) is 21.8. The molecule has 1 heterocycles. The lowest BCUT2D eigenvalue weighted by molar-refractivity contribution is -0.143. The summed E-state index contributed by atoms with van der Waals surface area (Å²) in [6.07, 6.45) is 13.8. The molecule has 3 rings (SSSR count). The smallest absolute Gasteiger partial charge is 0.265 e. The maximum Gasteiger partial charge on any atom is 0.265 e. The first-order valence-electron chi connectivity index (χ1n) is 12.8. The number of aliphatic imine (C=N–C) groups is 1. The van der Waals surface area contributed by atoms with E-state index in [1.807, 2.05) is 12.1 Å². The van der Waals surface area contributed by atoms with E-state index in [1.54, 1.807) is 23.5 Å². The maximum atomic E-state index is 13.4. The van der Waals surface area contributed by atoms with Crippen LogP contribution < -0.4 is 10.6 Å². The Morgan fingerprint density at radius 1 is 1.03 bits per heavy atom. The van der Waals surface area contributed by atoms with Crippen molar-refractivity contribution < 1.29 is 17.6 Å². The van der Waals surface area contributed by atoms with Gasteiger partial charge in [-0.3, -0.25) is 9.82 Å². The summed E-state index contributed by atoms with van der Waals surface area (Å²) in [6.45, 7) is 0.831. The number of guanidine groups is 1. The third-order valence-corrected chi connectivity index (χ3v) is 8.01. The molecule has 0 amide bonds. The van der Waals surface area contributed by atoms with Gasteiger partial charge in [-0.25, -0.2) is 12.8 Å². The van der Waals surface area contributed by atoms with Crippen molar-refractivity contribution in [3.8, 4) is 6.19 Å². The van der Waals surface area contributed by atoms with Gasteiger partial charge in [-0.15, -0.1) is 4.99 Å². The molecule has 2 aromatic rings. The molecule has 2 N–H and O–H groups in total. The van der Waals surface area contributed by atoms with E-state index >= 15 is 0 Å². The summed E-state index contributed by atoms with van der Waals surface area (Å²) in [5, 5.41) is 8.86. The minimum Gasteiger partial charge on any atom is -0.369 e. The second-order valence-corrected chi connectivity index (χ2v) is 10.9. The SMILES string of the molecule is N#CN=C(N)N(CCCCCCCN(OC1CCCCC1)S(=O)(=O)c1ccc(F)cc1)c1ccncc1. The number of sulfonamides is 1. The Morgan fingerprint density at radius 2 is 1.65 bits per heavy atom. The highest BCUT2D eigenvalue weighted by molar-refractivity contribution is 7.89. The molecule has 0 aliphatic heterocycles. The summed E-state index contributed by atoms with van der Waals surface area (Å²) in [5.41, 5.74) is 6.78. The molecule has 1 saturated carbocycles. The molecule has 1 fully saturated rings. The molecule has 1 aromatic carbocycles. The third kappa shape index (κ3) is 8.77. The lowest BCUT2D eigenvalue weighted by Gasteiger charge is -2.29. The van der Waals surface area contributed by atoms with Crippen molar-refractivity contribution in [3.05, 3.63) is 54.6 Å². The summed E-state index contributed by atoms with van der Waals surface area (Å²) in [4.78, 5) is 15.5. The molecule has 0 radical (unpaired) electrons. The minimum absolute atomic E-state index is 0.0255. The van der Waals surface area contributed by atoms with E-state index < -0.39 is 15.8 Å². The molecular weight excluding hydrogens is 495 g/mol. The third-order valence-electron chi connectivity index (χ3n) is 6.34. The van der Waals surface area contributed by atoms with Gasteiger partial charge in [0, 0.05) is 31.2 Å². The number of benzene rings is 1. The monoisotopic (exact) mass is 530 g/mol. The van der Waals surface area contributed by atoms with Gasteiger partial charge in [-0.05, 0) is 62.1 Å². The van der Waals surface area contributed by atoms with E-state index in [0.717, 1.165) is 80.1 Å². The number of hydroxylamine groups is 1. The lowest BCUT2D eigenvalue weighted by Crippen LogP contribution is -2.38. The van der Waals surface area contributed by atoms with Crippen LogP contribution in [0.2, 0.25) is 0 Å². The summed E-state index contributed by atoms with van der Waals surface area (Å²) >= 11 is 0. The Balaban J connectivity index is 1.51. The first-order valence-corrected chi connectivity index (χ1v) is 14.2. The molecule has 9 nitrogen and oxygen atoms in total. The topological polar surface area (TPSA) is 125 Å². The molecule has 0 saturated heterocycles. The predicted octanol–water partition coefficient (Wildman–Crippen LogP) is 4.73. The van der Waals surface area contributed by atoms with Crippen LogP contribution in [0.4, 0.5) is 10.1 Å². The van der Waals surface area contributed by atoms with Gasteiger partial charge in [0.2, 0.25) is 12.2 Å². The molecule has 0 spiro atoms. The first-order chi connectivity index (χ1) is 17.9. The van der Waals surface area contributed by atoms with Crippen molar-refractivity contribution in [2.75, 3.05) is 18.0 Å². The lowest BCUT2D eigenvalue weighted by atomic mass is 9.98. The van der Waals surface area contributed by atoms with Crippen molar-refractivity contribution >= 4 is 21.7 Å². The number of nitrogens with two attached hydrogens (primary N) is 1. The summed E-state index contributed by atoms with van der Waals surface area (Å²) in [6, 6.07) is 8.46. The van der Waals surface area contributed by atoms with Gasteiger partial charge in [0.15, 0.2) is 0 Å². The van der Waals surface area contributed by atoms with E-state index in [9.17, 15) is 12.8 Å². The Morgan fingerprint density at radius 3 is 2.30 bits per heavy atom. The van der Waals surface area contributed by atoms with E-state index in [2.05, 4.69) is 9.98 Å². The molecule has 11 heteroatoms. The van der Waals surface area contributed by atoms with Crippen molar-refractivity contribution in [2.45, 2.75) is 75.2 Å². The van der Waals surface area contributed by atoms with Crippen molar-refractivity contribution in [1.82, 2.24) is 9.45 Å². The van der Waals surface area contributed by atoms with Crippen LogP contribution in [0.15, 0.2) is 58.7 Å². The summed E-state index contributed by atoms with van der Waals surface area (Å²) in [5.74, 6) is -0.350. The fraction of sp³-hybridized carbons (Fsp3) is 0.500. The van der Waals surface area contributed by atoms with Crippen LogP contribution >= 0.6 is 0 Å². The number of hydrogen-bond donors (Lipinski definition) is 1. The molecule has 0 unspecified atom stereocenters. The Bertz CT molecular complexity index is 1130. The Kier molecular flexibility index (Phi) is 11.3. The molecule has 200 valence electrons. The van der Waals surface area contributed by atoms with E-state index in [4.69, 9.17) is 15.8 Å². The zero-order chi connectivity index (χ0) is 26.5. The van der Waals surface area contributed by atoms with Crippen LogP contribution in [0, 0.1) is 17.3 Å². The van der Waals surface area contributed by atoms with Crippen LogP contribution in [0.1, 0.15) is 64.2 Å². The van der Waals surface area contributed by atoms with E-state index in [1.165, 1.54) is 12.1 Å². The van der Waals surface area contributed by atoms with Gasteiger partial charge >= 0.3 is 0 Å². The summed E-state index contributed by atoms with van der Waals surface area (Å²) < 4.78 is 40.9. The highest BCUT2D eigenvalue weighted by Gasteiger charge is 2.29. The largest absolute Gasteiger partial charge is 0.369 e.